The molecule has 1 N–H and O–H groups in total. The molecule has 2 aromatic heterocycles. The molecular weight excluding hydrogens is 420 g/mol. The van der Waals surface area contributed by atoms with Gasteiger partial charge in [0.1, 0.15) is 11.6 Å². The third kappa shape index (κ3) is 3.61. The Bertz CT molecular complexity index is 1170. The smallest absolute Gasteiger partial charge is 0.268 e. The fraction of sp³-hybridized carbons (Fsp3) is 0.0952. The van der Waals surface area contributed by atoms with E-state index in [1.54, 1.807) is 25.4 Å². The van der Waals surface area contributed by atoms with Crippen molar-refractivity contribution in [3.05, 3.63) is 87.3 Å². The van der Waals surface area contributed by atoms with Crippen LogP contribution in [-0.4, -0.2) is 21.6 Å². The molecular formula is C21H17BrN4O2. The van der Waals surface area contributed by atoms with Gasteiger partial charge in [0.2, 0.25) is 5.95 Å². The molecule has 140 valence electrons. The molecule has 0 aliphatic carbocycles. The molecule has 2 heterocycles. The lowest BCUT2D eigenvalue weighted by Crippen LogP contribution is -2.24. The van der Waals surface area contributed by atoms with Gasteiger partial charge in [0.05, 0.1) is 18.0 Å². The summed E-state index contributed by atoms with van der Waals surface area (Å²) in [6.45, 7) is 0.505. The number of anilines is 1. The van der Waals surface area contributed by atoms with Crippen molar-refractivity contribution in [1.82, 2.24) is 14.5 Å². The molecule has 2 aromatic carbocycles. The monoisotopic (exact) mass is 436 g/mol. The first-order chi connectivity index (χ1) is 13.7. The number of halogens is 1. The van der Waals surface area contributed by atoms with Crippen molar-refractivity contribution in [2.75, 3.05) is 12.4 Å². The van der Waals surface area contributed by atoms with E-state index in [9.17, 15) is 4.79 Å². The normalized spacial score (nSPS) is 10.8. The molecule has 28 heavy (non-hydrogen) atoms. The van der Waals surface area contributed by atoms with E-state index in [1.165, 1.54) is 4.57 Å². The summed E-state index contributed by atoms with van der Waals surface area (Å²) in [5.74, 6) is 1.75. The van der Waals surface area contributed by atoms with Crippen LogP contribution in [0.3, 0.4) is 0 Å². The van der Waals surface area contributed by atoms with Gasteiger partial charge < -0.3 is 10.1 Å². The van der Waals surface area contributed by atoms with Gasteiger partial charge in [-0.1, -0.05) is 34.1 Å². The number of pyridine rings is 1. The first-order valence-corrected chi connectivity index (χ1v) is 9.45. The Balaban J connectivity index is 1.79. The van der Waals surface area contributed by atoms with E-state index in [2.05, 4.69) is 31.2 Å². The lowest BCUT2D eigenvalue weighted by Gasteiger charge is -2.14. The van der Waals surface area contributed by atoms with Crippen LogP contribution in [0.2, 0.25) is 0 Å². The van der Waals surface area contributed by atoms with Crippen LogP contribution >= 0.6 is 15.9 Å². The molecule has 0 aliphatic rings. The van der Waals surface area contributed by atoms with E-state index >= 15 is 0 Å². The lowest BCUT2D eigenvalue weighted by molar-refractivity contribution is 0.414. The Morgan fingerprint density at radius 2 is 1.93 bits per heavy atom. The third-order valence-electron chi connectivity index (χ3n) is 4.32. The van der Waals surface area contributed by atoms with Crippen LogP contribution in [0.5, 0.6) is 5.75 Å². The number of methoxy groups -OCH3 is 1. The fourth-order valence-corrected chi connectivity index (χ4v) is 3.26. The molecule has 0 amide bonds. The molecule has 0 aliphatic heterocycles. The first kappa shape index (κ1) is 18.2. The summed E-state index contributed by atoms with van der Waals surface area (Å²) in [4.78, 5) is 22.2. The van der Waals surface area contributed by atoms with Crippen molar-refractivity contribution in [1.29, 1.82) is 0 Å². The minimum atomic E-state index is -0.178. The third-order valence-corrected chi connectivity index (χ3v) is 4.81. The largest absolute Gasteiger partial charge is 0.497 e. The van der Waals surface area contributed by atoms with Gasteiger partial charge in [-0.05, 0) is 48.0 Å². The van der Waals surface area contributed by atoms with Gasteiger partial charge in [-0.15, -0.1) is 0 Å². The van der Waals surface area contributed by atoms with Crippen LogP contribution in [0, 0.1) is 0 Å². The van der Waals surface area contributed by atoms with Gasteiger partial charge >= 0.3 is 0 Å². The van der Waals surface area contributed by atoms with Gasteiger partial charge in [-0.25, -0.2) is 14.5 Å². The summed E-state index contributed by atoms with van der Waals surface area (Å²) in [6, 6.07) is 18.6. The quantitative estimate of drug-likeness (QED) is 0.508. The number of hydrogen-bond acceptors (Lipinski definition) is 5. The molecule has 0 atom stereocenters. The number of aromatic nitrogens is 3. The number of rotatable bonds is 5. The summed E-state index contributed by atoms with van der Waals surface area (Å²) >= 11 is 3.42. The summed E-state index contributed by atoms with van der Waals surface area (Å²) in [5.41, 5.74) is 1.48. The maximum absolute atomic E-state index is 13.2. The van der Waals surface area contributed by atoms with Crippen LogP contribution < -0.4 is 15.6 Å². The van der Waals surface area contributed by atoms with Crippen LogP contribution in [0.15, 0.2) is 76.1 Å². The highest BCUT2D eigenvalue weighted by Crippen LogP contribution is 2.20. The van der Waals surface area contributed by atoms with Crippen molar-refractivity contribution in [2.24, 2.45) is 0 Å². The Morgan fingerprint density at radius 1 is 1.11 bits per heavy atom. The molecule has 0 bridgehead atoms. The van der Waals surface area contributed by atoms with Crippen LogP contribution in [0.4, 0.5) is 5.95 Å². The molecule has 0 fully saturated rings. The van der Waals surface area contributed by atoms with E-state index in [-0.39, 0.29) is 5.56 Å². The predicted molar refractivity (Wildman–Crippen MR) is 113 cm³/mol. The number of fused-ring (bicyclic) bond motifs is 1. The van der Waals surface area contributed by atoms with Crippen molar-refractivity contribution in [2.45, 2.75) is 6.54 Å². The Hall–Kier alpha value is -3.19. The predicted octanol–water partition coefficient (Wildman–Crippen LogP) is 4.16. The zero-order chi connectivity index (χ0) is 19.5. The minimum absolute atomic E-state index is 0.178. The van der Waals surface area contributed by atoms with Gasteiger partial charge in [-0.3, -0.25) is 4.79 Å². The highest BCUT2D eigenvalue weighted by Gasteiger charge is 2.14. The maximum atomic E-state index is 13.2. The Morgan fingerprint density at radius 3 is 2.64 bits per heavy atom. The van der Waals surface area contributed by atoms with E-state index in [1.807, 2.05) is 48.5 Å². The topological polar surface area (TPSA) is 69.0 Å². The molecule has 4 rings (SSSR count). The van der Waals surface area contributed by atoms with Gasteiger partial charge in [0, 0.05) is 17.2 Å². The molecule has 0 spiro atoms. The van der Waals surface area contributed by atoms with Gasteiger partial charge in [0.15, 0.2) is 0 Å². The number of nitrogens with one attached hydrogen (secondary N) is 1. The van der Waals surface area contributed by atoms with E-state index < -0.39 is 0 Å². The second-order valence-corrected chi connectivity index (χ2v) is 7.04. The SMILES string of the molecule is COc1ccc(CNc2nc3ccc(Br)cc3c(=O)n2-c2ccccn2)cc1. The lowest BCUT2D eigenvalue weighted by atomic mass is 10.2. The van der Waals surface area contributed by atoms with Crippen molar-refractivity contribution < 1.29 is 4.74 Å². The minimum Gasteiger partial charge on any atom is -0.497 e. The summed E-state index contributed by atoms with van der Waals surface area (Å²) in [6.07, 6.45) is 1.65. The van der Waals surface area contributed by atoms with Crippen LogP contribution in [0.1, 0.15) is 5.56 Å². The highest BCUT2D eigenvalue weighted by atomic mass is 79.9. The average molecular weight is 437 g/mol. The number of ether oxygens (including phenoxy) is 1. The fourth-order valence-electron chi connectivity index (χ4n) is 2.90. The maximum Gasteiger partial charge on any atom is 0.268 e. The summed E-state index contributed by atoms with van der Waals surface area (Å²) in [7, 11) is 1.64. The molecule has 0 saturated heterocycles. The molecule has 0 saturated carbocycles. The first-order valence-electron chi connectivity index (χ1n) is 8.66. The average Bonchev–Trinajstić information content (AvgIpc) is 2.74. The van der Waals surface area contributed by atoms with Crippen molar-refractivity contribution in [3.63, 3.8) is 0 Å². The number of hydrogen-bond donors (Lipinski definition) is 1. The van der Waals surface area contributed by atoms with Crippen molar-refractivity contribution >= 4 is 32.8 Å². The van der Waals surface area contributed by atoms with Crippen LogP contribution in [-0.2, 0) is 6.54 Å². The molecule has 4 aromatic rings. The molecule has 7 heteroatoms. The van der Waals surface area contributed by atoms with E-state index in [0.29, 0.717) is 29.2 Å². The molecule has 0 radical (unpaired) electrons. The molecule has 0 unspecified atom stereocenters. The zero-order valence-electron chi connectivity index (χ0n) is 15.1. The second-order valence-electron chi connectivity index (χ2n) is 6.13. The number of benzene rings is 2. The van der Waals surface area contributed by atoms with Gasteiger partial charge in [0.25, 0.3) is 5.56 Å². The summed E-state index contributed by atoms with van der Waals surface area (Å²) in [5, 5.41) is 3.80. The van der Waals surface area contributed by atoms with Crippen molar-refractivity contribution in [3.8, 4) is 11.6 Å². The molecule has 6 nitrogen and oxygen atoms in total. The Kier molecular flexibility index (Phi) is 5.08. The standard InChI is InChI=1S/C21H17BrN4O2/c1-28-16-8-5-14(6-9-16)13-24-21-25-18-10-7-15(22)12-17(18)20(27)26(21)19-4-2-3-11-23-19/h2-12H,13H2,1H3,(H,24,25). The Labute approximate surface area is 170 Å². The number of nitrogens with zero attached hydrogens (tertiary/aromatic N) is 3. The zero-order valence-corrected chi connectivity index (χ0v) is 16.7. The second kappa shape index (κ2) is 7.82. The van der Waals surface area contributed by atoms with Gasteiger partial charge in [-0.2, -0.15) is 0 Å². The van der Waals surface area contributed by atoms with E-state index in [0.717, 1.165) is 15.8 Å². The summed E-state index contributed by atoms with van der Waals surface area (Å²) < 4.78 is 7.51. The highest BCUT2D eigenvalue weighted by molar-refractivity contribution is 9.10. The van der Waals surface area contributed by atoms with Crippen LogP contribution in [0.25, 0.3) is 16.7 Å². The van der Waals surface area contributed by atoms with E-state index in [4.69, 9.17) is 4.74 Å².